The highest BCUT2D eigenvalue weighted by Gasteiger charge is 2.42. The van der Waals surface area contributed by atoms with Crippen molar-refractivity contribution in [3.05, 3.63) is 88.7 Å². The molecule has 7 heteroatoms. The standard InChI is InChI=1S/C40H50N6O/c1-25-18-26(2)20-31(19-25)37-36(27(3)22-43-39(41)45-17-14-30(24-45)29-12-15-42-16-13-29)34-21-32(8-11-35(34)44-37)40(4,5)38(47)46-23-28-6-9-33(46)10-7-28/h8,11-13,15-16,18-21,27-28,30,33,44H,6-7,9-10,14,17,22-24H2,1-5H3,(H2,41,43). The van der Waals surface area contributed by atoms with E-state index in [4.69, 9.17) is 10.7 Å². The van der Waals surface area contributed by atoms with Gasteiger partial charge in [0.1, 0.15) is 0 Å². The first-order valence-corrected chi connectivity index (χ1v) is 17.6. The number of hydrogen-bond acceptors (Lipinski definition) is 3. The van der Waals surface area contributed by atoms with Crippen molar-refractivity contribution in [2.45, 2.75) is 90.0 Å². The molecule has 8 rings (SSSR count). The summed E-state index contributed by atoms with van der Waals surface area (Å²) in [6, 6.07) is 17.9. The van der Waals surface area contributed by atoms with E-state index < -0.39 is 5.41 Å². The second-order valence-corrected chi connectivity index (χ2v) is 15.1. The molecule has 4 aliphatic rings. The number of aliphatic imine (C=N–C) groups is 1. The highest BCUT2D eigenvalue weighted by molar-refractivity contribution is 5.95. The van der Waals surface area contributed by atoms with Gasteiger partial charge in [0.05, 0.1) is 11.1 Å². The second kappa shape index (κ2) is 12.5. The minimum atomic E-state index is -0.618. The van der Waals surface area contributed by atoms with Crippen molar-refractivity contribution in [3.63, 3.8) is 0 Å². The summed E-state index contributed by atoms with van der Waals surface area (Å²) < 4.78 is 0. The lowest BCUT2D eigenvalue weighted by molar-refractivity contribution is -0.144. The number of H-pyrrole nitrogens is 1. The van der Waals surface area contributed by atoms with Gasteiger partial charge < -0.3 is 20.5 Å². The molecule has 5 heterocycles. The monoisotopic (exact) mass is 630 g/mol. The van der Waals surface area contributed by atoms with E-state index in [9.17, 15) is 4.79 Å². The van der Waals surface area contributed by atoms with Crippen LogP contribution in [0.2, 0.25) is 0 Å². The molecule has 2 aromatic heterocycles. The maximum absolute atomic E-state index is 14.2. The fourth-order valence-electron chi connectivity index (χ4n) is 8.56. The number of hydrogen-bond donors (Lipinski definition) is 2. The Kier molecular flexibility index (Phi) is 8.35. The summed E-state index contributed by atoms with van der Waals surface area (Å²) in [5.41, 5.74) is 15.5. The quantitative estimate of drug-likeness (QED) is 0.164. The third-order valence-electron chi connectivity index (χ3n) is 11.3. The van der Waals surface area contributed by atoms with Crippen molar-refractivity contribution in [3.8, 4) is 11.3 Å². The number of benzene rings is 2. The molecule has 3 saturated heterocycles. The van der Waals surface area contributed by atoms with Crippen molar-refractivity contribution in [2.24, 2.45) is 16.6 Å². The molecular formula is C40H50N6O. The number of nitrogens with two attached hydrogens (primary N) is 1. The molecule has 2 bridgehead atoms. The van der Waals surface area contributed by atoms with E-state index >= 15 is 0 Å². The fraction of sp³-hybridized carbons (Fsp3) is 0.475. The Hall–Kier alpha value is -4.13. The topological polar surface area (TPSA) is 90.6 Å². The van der Waals surface area contributed by atoms with Crippen molar-refractivity contribution >= 4 is 22.8 Å². The van der Waals surface area contributed by atoms with Gasteiger partial charge in [-0.15, -0.1) is 0 Å². The van der Waals surface area contributed by atoms with E-state index in [1.165, 1.54) is 40.7 Å². The third kappa shape index (κ3) is 6.05. The molecule has 7 nitrogen and oxygen atoms in total. The summed E-state index contributed by atoms with van der Waals surface area (Å²) in [6.45, 7) is 14.1. The fourth-order valence-corrected chi connectivity index (χ4v) is 8.56. The molecular weight excluding hydrogens is 580 g/mol. The van der Waals surface area contributed by atoms with Gasteiger partial charge in [0.15, 0.2) is 5.96 Å². The Morgan fingerprint density at radius 3 is 2.40 bits per heavy atom. The Morgan fingerprint density at radius 1 is 1.00 bits per heavy atom. The molecule has 2 unspecified atom stereocenters. The van der Waals surface area contributed by atoms with Crippen LogP contribution in [0.1, 0.15) is 92.5 Å². The number of carbonyl (C=O) groups is 1. The first-order chi connectivity index (χ1) is 22.6. The summed E-state index contributed by atoms with van der Waals surface area (Å²) in [4.78, 5) is 31.5. The van der Waals surface area contributed by atoms with Gasteiger partial charge in [-0.1, -0.05) is 30.2 Å². The number of piperidine rings is 2. The first kappa shape index (κ1) is 31.5. The Morgan fingerprint density at radius 2 is 1.72 bits per heavy atom. The molecule has 2 atom stereocenters. The van der Waals surface area contributed by atoms with Crippen molar-refractivity contribution < 1.29 is 4.79 Å². The molecule has 1 aliphatic carbocycles. The number of aromatic nitrogens is 2. The number of nitrogens with one attached hydrogen (secondary N) is 1. The van der Waals surface area contributed by atoms with Gasteiger partial charge in [-0.3, -0.25) is 14.8 Å². The Bertz CT molecular complexity index is 1780. The molecule has 4 fully saturated rings. The normalized spacial score (nSPS) is 22.3. The van der Waals surface area contributed by atoms with Crippen LogP contribution in [0.15, 0.2) is 65.9 Å². The van der Waals surface area contributed by atoms with Crippen molar-refractivity contribution in [1.29, 1.82) is 0 Å². The van der Waals surface area contributed by atoms with E-state index in [-0.39, 0.29) is 11.8 Å². The molecule has 3 N–H and O–H groups in total. The van der Waals surface area contributed by atoms with Gasteiger partial charge >= 0.3 is 0 Å². The Balaban J connectivity index is 1.21. The highest BCUT2D eigenvalue weighted by Crippen LogP contribution is 2.41. The lowest BCUT2D eigenvalue weighted by atomic mass is 9.76. The average molecular weight is 631 g/mol. The average Bonchev–Trinajstić information content (AvgIpc) is 3.73. The van der Waals surface area contributed by atoms with Crippen molar-refractivity contribution in [1.82, 2.24) is 19.8 Å². The second-order valence-electron chi connectivity index (χ2n) is 15.1. The highest BCUT2D eigenvalue weighted by atomic mass is 16.2. The number of nitrogens with zero attached hydrogens (tertiary/aromatic N) is 4. The van der Waals surface area contributed by atoms with Crippen LogP contribution in [0, 0.1) is 19.8 Å². The largest absolute Gasteiger partial charge is 0.370 e. The van der Waals surface area contributed by atoms with Crippen LogP contribution >= 0.6 is 0 Å². The zero-order chi connectivity index (χ0) is 32.9. The minimum absolute atomic E-state index is 0.101. The Labute approximate surface area is 279 Å². The van der Waals surface area contributed by atoms with Gasteiger partial charge in [-0.05, 0) is 124 Å². The van der Waals surface area contributed by atoms with Crippen LogP contribution in [-0.2, 0) is 10.2 Å². The SMILES string of the molecule is Cc1cc(C)cc(-c2[nH]c3ccc(C(C)(C)C(=O)N4CC5CCC4CC5)cc3c2C(C)CN=C(N)N2CCC(c3ccncc3)C2)c1. The maximum atomic E-state index is 14.2. The van der Waals surface area contributed by atoms with Crippen LogP contribution < -0.4 is 5.73 Å². The van der Waals surface area contributed by atoms with Gasteiger partial charge in [0.2, 0.25) is 5.91 Å². The molecule has 1 amide bonds. The predicted molar refractivity (Wildman–Crippen MR) is 192 cm³/mol. The third-order valence-corrected chi connectivity index (χ3v) is 11.3. The number of carbonyl (C=O) groups excluding carboxylic acids is 1. The summed E-state index contributed by atoms with van der Waals surface area (Å²) >= 11 is 0. The number of aromatic amines is 1. The summed E-state index contributed by atoms with van der Waals surface area (Å²) in [7, 11) is 0. The van der Waals surface area contributed by atoms with Crippen LogP contribution in [0.5, 0.6) is 0 Å². The first-order valence-electron chi connectivity index (χ1n) is 17.6. The van der Waals surface area contributed by atoms with Crippen LogP contribution in [0.25, 0.3) is 22.2 Å². The number of amides is 1. The number of rotatable bonds is 7. The van der Waals surface area contributed by atoms with Crippen LogP contribution in [0.3, 0.4) is 0 Å². The lowest BCUT2D eigenvalue weighted by Crippen LogP contribution is -2.55. The lowest BCUT2D eigenvalue weighted by Gasteiger charge is -2.47. The minimum Gasteiger partial charge on any atom is -0.370 e. The van der Waals surface area contributed by atoms with Gasteiger partial charge in [-0.2, -0.15) is 0 Å². The van der Waals surface area contributed by atoms with Crippen molar-refractivity contribution in [2.75, 3.05) is 26.2 Å². The van der Waals surface area contributed by atoms with E-state index in [2.05, 4.69) is 103 Å². The van der Waals surface area contributed by atoms with Crippen LogP contribution in [0.4, 0.5) is 0 Å². The van der Waals surface area contributed by atoms with Gasteiger partial charge in [0, 0.05) is 67.4 Å². The molecule has 47 heavy (non-hydrogen) atoms. The number of pyridine rings is 1. The molecule has 4 aromatic rings. The number of guanidine groups is 1. The summed E-state index contributed by atoms with van der Waals surface area (Å²) in [5.74, 6) is 2.08. The molecule has 2 aromatic carbocycles. The number of aryl methyl sites for hydroxylation is 2. The molecule has 1 saturated carbocycles. The van der Waals surface area contributed by atoms with E-state index in [1.54, 1.807) is 0 Å². The maximum Gasteiger partial charge on any atom is 0.232 e. The number of fused-ring (bicyclic) bond motifs is 4. The van der Waals surface area contributed by atoms with E-state index in [1.807, 2.05) is 12.4 Å². The zero-order valence-electron chi connectivity index (χ0n) is 28.7. The van der Waals surface area contributed by atoms with Gasteiger partial charge in [0.25, 0.3) is 0 Å². The van der Waals surface area contributed by atoms with Crippen LogP contribution in [-0.4, -0.2) is 63.9 Å². The molecule has 0 spiro atoms. The smallest absolute Gasteiger partial charge is 0.232 e. The summed E-state index contributed by atoms with van der Waals surface area (Å²) in [5, 5.41) is 1.16. The molecule has 246 valence electrons. The van der Waals surface area contributed by atoms with Gasteiger partial charge in [-0.25, -0.2) is 0 Å². The van der Waals surface area contributed by atoms with E-state index in [0.29, 0.717) is 30.4 Å². The van der Waals surface area contributed by atoms with E-state index in [0.717, 1.165) is 61.1 Å². The predicted octanol–water partition coefficient (Wildman–Crippen LogP) is 7.43. The summed E-state index contributed by atoms with van der Waals surface area (Å²) in [6.07, 6.45) is 9.62. The zero-order valence-corrected chi connectivity index (χ0v) is 28.7. The molecule has 0 radical (unpaired) electrons. The number of likely N-dealkylation sites (tertiary alicyclic amines) is 1. The molecule has 3 aliphatic heterocycles.